The van der Waals surface area contributed by atoms with Crippen molar-refractivity contribution in [2.45, 2.75) is 26.6 Å². The van der Waals surface area contributed by atoms with Gasteiger partial charge in [-0.25, -0.2) is 5.43 Å². The first-order chi connectivity index (χ1) is 14.1. The van der Waals surface area contributed by atoms with Crippen molar-refractivity contribution in [2.24, 2.45) is 5.10 Å². The minimum Gasteiger partial charge on any atom is -0.489 e. The number of nitrogens with one attached hydrogen (secondary N) is 1. The highest BCUT2D eigenvalue weighted by atomic mass is 16.5. The predicted molar refractivity (Wildman–Crippen MR) is 114 cm³/mol. The zero-order valence-corrected chi connectivity index (χ0v) is 16.5. The Morgan fingerprint density at radius 2 is 1.76 bits per heavy atom. The molecule has 1 unspecified atom stereocenters. The lowest BCUT2D eigenvalue weighted by Gasteiger charge is -2.13. The van der Waals surface area contributed by atoms with Gasteiger partial charge < -0.3 is 9.47 Å². The average Bonchev–Trinajstić information content (AvgIpc) is 2.73. The Balaban J connectivity index is 1.51. The molecule has 0 aliphatic rings. The molecule has 1 amide bonds. The first-order valence-corrected chi connectivity index (χ1v) is 9.43. The standard InChI is InChI=1S/C24H24N2O3/c1-18-8-6-13-23(14-18)29-19(2)24(27)26-25-16-21-11-7-12-22(15-21)28-17-20-9-4-3-5-10-20/h3-16,19H,17H2,1-2H3,(H,26,27). The van der Waals surface area contributed by atoms with Gasteiger partial charge in [-0.3, -0.25) is 4.79 Å². The molecule has 0 spiro atoms. The number of carbonyl (C=O) groups is 1. The number of carbonyl (C=O) groups excluding carboxylic acids is 1. The maximum Gasteiger partial charge on any atom is 0.280 e. The fraction of sp³-hybridized carbons (Fsp3) is 0.167. The van der Waals surface area contributed by atoms with E-state index in [0.29, 0.717) is 12.4 Å². The second-order valence-electron chi connectivity index (χ2n) is 6.66. The van der Waals surface area contributed by atoms with Gasteiger partial charge >= 0.3 is 0 Å². The van der Waals surface area contributed by atoms with E-state index in [1.54, 1.807) is 13.1 Å². The molecule has 0 fully saturated rings. The third-order valence-corrected chi connectivity index (χ3v) is 4.17. The van der Waals surface area contributed by atoms with E-state index >= 15 is 0 Å². The van der Waals surface area contributed by atoms with Crippen LogP contribution in [0.25, 0.3) is 0 Å². The molecule has 0 aromatic heterocycles. The van der Waals surface area contributed by atoms with Crippen molar-refractivity contribution in [3.05, 3.63) is 95.6 Å². The number of aryl methyl sites for hydroxylation is 1. The van der Waals surface area contributed by atoms with Crippen molar-refractivity contribution in [2.75, 3.05) is 0 Å². The summed E-state index contributed by atoms with van der Waals surface area (Å²) in [7, 11) is 0. The summed E-state index contributed by atoms with van der Waals surface area (Å²) in [4.78, 5) is 12.2. The van der Waals surface area contributed by atoms with Gasteiger partial charge in [0.1, 0.15) is 18.1 Å². The summed E-state index contributed by atoms with van der Waals surface area (Å²) in [5, 5.41) is 4.02. The number of ether oxygens (including phenoxy) is 2. The molecule has 0 aliphatic heterocycles. The largest absolute Gasteiger partial charge is 0.489 e. The highest BCUT2D eigenvalue weighted by molar-refractivity contribution is 5.84. The van der Waals surface area contributed by atoms with Crippen molar-refractivity contribution in [3.8, 4) is 11.5 Å². The smallest absolute Gasteiger partial charge is 0.280 e. The topological polar surface area (TPSA) is 59.9 Å². The third kappa shape index (κ3) is 6.50. The first-order valence-electron chi connectivity index (χ1n) is 9.43. The van der Waals surface area contributed by atoms with E-state index in [9.17, 15) is 4.79 Å². The van der Waals surface area contributed by atoms with Crippen molar-refractivity contribution in [1.82, 2.24) is 5.43 Å². The zero-order valence-electron chi connectivity index (χ0n) is 16.5. The lowest BCUT2D eigenvalue weighted by atomic mass is 10.2. The molecule has 5 nitrogen and oxygen atoms in total. The SMILES string of the molecule is Cc1cccc(OC(C)C(=O)NN=Cc2cccc(OCc3ccccc3)c2)c1. The van der Waals surface area contributed by atoms with Crippen molar-refractivity contribution in [1.29, 1.82) is 0 Å². The van der Waals surface area contributed by atoms with Crippen LogP contribution in [-0.4, -0.2) is 18.2 Å². The second kappa shape index (κ2) is 10.1. The summed E-state index contributed by atoms with van der Waals surface area (Å²) in [6.07, 6.45) is 0.918. The fourth-order valence-corrected chi connectivity index (χ4v) is 2.63. The molecular formula is C24H24N2O3. The zero-order chi connectivity index (χ0) is 20.5. The number of rotatable bonds is 8. The fourth-order valence-electron chi connectivity index (χ4n) is 2.63. The van der Waals surface area contributed by atoms with Crippen LogP contribution in [0.15, 0.2) is 84.0 Å². The summed E-state index contributed by atoms with van der Waals surface area (Å²) < 4.78 is 11.5. The number of hydrogen-bond acceptors (Lipinski definition) is 4. The molecule has 0 radical (unpaired) electrons. The van der Waals surface area contributed by atoms with Crippen LogP contribution in [0.4, 0.5) is 0 Å². The molecule has 148 valence electrons. The summed E-state index contributed by atoms with van der Waals surface area (Å²) in [5.74, 6) is 1.07. The summed E-state index contributed by atoms with van der Waals surface area (Å²) in [5.41, 5.74) is 5.50. The van der Waals surface area contributed by atoms with E-state index in [0.717, 1.165) is 22.4 Å². The second-order valence-corrected chi connectivity index (χ2v) is 6.66. The van der Waals surface area contributed by atoms with Crippen LogP contribution >= 0.6 is 0 Å². The Morgan fingerprint density at radius 1 is 1.00 bits per heavy atom. The third-order valence-electron chi connectivity index (χ3n) is 4.17. The number of hydrazone groups is 1. The quantitative estimate of drug-likeness (QED) is 0.457. The van der Waals surface area contributed by atoms with E-state index in [1.165, 1.54) is 0 Å². The number of amides is 1. The van der Waals surface area contributed by atoms with E-state index < -0.39 is 6.10 Å². The average molecular weight is 388 g/mol. The Labute approximate surface area is 171 Å². The van der Waals surface area contributed by atoms with E-state index in [1.807, 2.05) is 85.8 Å². The van der Waals surface area contributed by atoms with Gasteiger partial charge in [0.05, 0.1) is 6.21 Å². The van der Waals surface area contributed by atoms with Gasteiger partial charge in [-0.15, -0.1) is 0 Å². The van der Waals surface area contributed by atoms with Crippen LogP contribution in [0.2, 0.25) is 0 Å². The van der Waals surface area contributed by atoms with Crippen molar-refractivity contribution in [3.63, 3.8) is 0 Å². The Bertz CT molecular complexity index is 971. The summed E-state index contributed by atoms with van der Waals surface area (Å²) in [6.45, 7) is 4.15. The molecule has 1 atom stereocenters. The molecule has 3 rings (SSSR count). The molecule has 0 saturated heterocycles. The highest BCUT2D eigenvalue weighted by Gasteiger charge is 2.13. The van der Waals surface area contributed by atoms with E-state index in [-0.39, 0.29) is 5.91 Å². The van der Waals surface area contributed by atoms with Gasteiger partial charge in [0.15, 0.2) is 6.10 Å². The molecule has 0 bridgehead atoms. The number of hydrogen-bond donors (Lipinski definition) is 1. The normalized spacial score (nSPS) is 11.8. The molecule has 3 aromatic carbocycles. The molecule has 29 heavy (non-hydrogen) atoms. The minimum absolute atomic E-state index is 0.320. The molecule has 0 heterocycles. The van der Waals surface area contributed by atoms with Crippen LogP contribution in [0.5, 0.6) is 11.5 Å². The van der Waals surface area contributed by atoms with Gasteiger partial charge in [0, 0.05) is 0 Å². The number of nitrogens with zero attached hydrogens (tertiary/aromatic N) is 1. The van der Waals surface area contributed by atoms with Crippen molar-refractivity contribution >= 4 is 12.1 Å². The molecule has 0 saturated carbocycles. The van der Waals surface area contributed by atoms with Gasteiger partial charge in [-0.05, 0) is 54.8 Å². The maximum absolute atomic E-state index is 12.2. The number of benzene rings is 3. The predicted octanol–water partition coefficient (Wildman–Crippen LogP) is 4.49. The first kappa shape index (κ1) is 20.1. The Hall–Kier alpha value is -3.60. The maximum atomic E-state index is 12.2. The van der Waals surface area contributed by atoms with Crippen molar-refractivity contribution < 1.29 is 14.3 Å². The van der Waals surface area contributed by atoms with E-state index in [4.69, 9.17) is 9.47 Å². The van der Waals surface area contributed by atoms with E-state index in [2.05, 4.69) is 10.5 Å². The molecular weight excluding hydrogens is 364 g/mol. The lowest BCUT2D eigenvalue weighted by molar-refractivity contribution is -0.127. The van der Waals surface area contributed by atoms with Crippen LogP contribution in [0, 0.1) is 6.92 Å². The molecule has 1 N–H and O–H groups in total. The van der Waals surface area contributed by atoms with Crippen LogP contribution in [-0.2, 0) is 11.4 Å². The van der Waals surface area contributed by atoms with Gasteiger partial charge in [0.2, 0.25) is 0 Å². The summed E-state index contributed by atoms with van der Waals surface area (Å²) >= 11 is 0. The minimum atomic E-state index is -0.658. The monoisotopic (exact) mass is 388 g/mol. The highest BCUT2D eigenvalue weighted by Crippen LogP contribution is 2.15. The lowest BCUT2D eigenvalue weighted by Crippen LogP contribution is -2.33. The Kier molecular flexibility index (Phi) is 7.00. The van der Waals surface area contributed by atoms with Gasteiger partial charge in [-0.2, -0.15) is 5.10 Å². The molecule has 5 heteroatoms. The Morgan fingerprint density at radius 3 is 2.55 bits per heavy atom. The van der Waals surface area contributed by atoms with Crippen LogP contribution in [0.1, 0.15) is 23.6 Å². The molecule has 0 aliphatic carbocycles. The van der Waals surface area contributed by atoms with Crippen LogP contribution < -0.4 is 14.9 Å². The van der Waals surface area contributed by atoms with Gasteiger partial charge in [-0.1, -0.05) is 54.6 Å². The van der Waals surface area contributed by atoms with Crippen LogP contribution in [0.3, 0.4) is 0 Å². The van der Waals surface area contributed by atoms with Gasteiger partial charge in [0.25, 0.3) is 5.91 Å². The molecule has 3 aromatic rings. The summed E-state index contributed by atoms with van der Waals surface area (Å²) in [6, 6.07) is 25.0.